The summed E-state index contributed by atoms with van der Waals surface area (Å²) in [5.41, 5.74) is 1.48. The van der Waals surface area contributed by atoms with Crippen LogP contribution in [0.4, 0.5) is 0 Å². The molecule has 0 bridgehead atoms. The third kappa shape index (κ3) is 6.66. The van der Waals surface area contributed by atoms with Gasteiger partial charge in [-0.2, -0.15) is 0 Å². The van der Waals surface area contributed by atoms with Crippen LogP contribution in [0.25, 0.3) is 0 Å². The van der Waals surface area contributed by atoms with E-state index in [0.29, 0.717) is 31.6 Å². The van der Waals surface area contributed by atoms with Crippen molar-refractivity contribution < 1.29 is 13.2 Å². The van der Waals surface area contributed by atoms with Gasteiger partial charge in [0.1, 0.15) is 6.54 Å². The van der Waals surface area contributed by atoms with Crippen LogP contribution in [0.5, 0.6) is 0 Å². The molecule has 1 aliphatic rings. The highest BCUT2D eigenvalue weighted by Crippen LogP contribution is 2.27. The van der Waals surface area contributed by atoms with Crippen molar-refractivity contribution in [3.63, 3.8) is 0 Å². The second kappa shape index (κ2) is 11.3. The molecule has 2 rings (SSSR count). The fourth-order valence-corrected chi connectivity index (χ4v) is 4.78. The molecule has 174 valence electrons. The lowest BCUT2D eigenvalue weighted by atomic mass is 9.87. The van der Waals surface area contributed by atoms with Crippen LogP contribution < -0.4 is 0 Å². The number of sulfonamides is 1. The summed E-state index contributed by atoms with van der Waals surface area (Å²) in [5, 5.41) is 0. The molecular weight excluding hydrogens is 422 g/mol. The lowest BCUT2D eigenvalue weighted by molar-refractivity contribution is -0.130. The van der Waals surface area contributed by atoms with E-state index in [4.69, 9.17) is 0 Å². The average Bonchev–Trinajstić information content (AvgIpc) is 2.76. The van der Waals surface area contributed by atoms with Gasteiger partial charge >= 0.3 is 0 Å². The maximum Gasteiger partial charge on any atom is 0.264 e. The largest absolute Gasteiger partial charge is 0.342 e. The van der Waals surface area contributed by atoms with E-state index < -0.39 is 10.0 Å². The van der Waals surface area contributed by atoms with Crippen LogP contribution in [0, 0.1) is 0 Å². The number of nitrogens with zero attached hydrogens (tertiary/aromatic N) is 3. The minimum atomic E-state index is -3.95. The Bertz CT molecular complexity index is 994. The van der Waals surface area contributed by atoms with Crippen molar-refractivity contribution in [2.24, 2.45) is 4.99 Å². The van der Waals surface area contributed by atoms with Crippen LogP contribution in [-0.2, 0) is 20.2 Å². The van der Waals surface area contributed by atoms with Crippen molar-refractivity contribution in [1.29, 1.82) is 0 Å². The Kier molecular flexibility index (Phi) is 9.01. The standard InChI is InChI=1S/C25H35N3O3S/c1-6-27(7-2)24(29)20-28(22-12-9-8-10-18-26-19-11-13-22)32(30,31)23-16-14-21(15-17-23)25(3,4)5/h8-9,11-12,14-19H,6-7,10,13,20H2,1-5H3/b9-8-,19-11-,22-12+,26-18?. The number of benzene rings is 1. The molecule has 0 aromatic heterocycles. The van der Waals surface area contributed by atoms with Gasteiger partial charge in [0.25, 0.3) is 10.0 Å². The molecule has 7 heteroatoms. The van der Waals surface area contributed by atoms with E-state index in [1.807, 2.05) is 38.1 Å². The van der Waals surface area contributed by atoms with E-state index in [1.54, 1.807) is 41.6 Å². The normalized spacial score (nSPS) is 18.3. The number of aliphatic imine (C=N–C) groups is 1. The van der Waals surface area contributed by atoms with Gasteiger partial charge in [-0.3, -0.25) is 14.1 Å². The zero-order chi connectivity index (χ0) is 23.8. The molecule has 0 aliphatic carbocycles. The van der Waals surface area contributed by atoms with E-state index in [2.05, 4.69) is 25.8 Å². The van der Waals surface area contributed by atoms with Gasteiger partial charge in [-0.05, 0) is 43.0 Å². The lowest BCUT2D eigenvalue weighted by Gasteiger charge is -2.29. The molecule has 1 amide bonds. The summed E-state index contributed by atoms with van der Waals surface area (Å²) in [7, 11) is -3.95. The molecule has 32 heavy (non-hydrogen) atoms. The number of hydrogen-bond donors (Lipinski definition) is 0. The Morgan fingerprint density at radius 3 is 2.31 bits per heavy atom. The molecular formula is C25H35N3O3S. The van der Waals surface area contributed by atoms with E-state index in [9.17, 15) is 13.2 Å². The first-order valence-corrected chi connectivity index (χ1v) is 12.5. The highest BCUT2D eigenvalue weighted by atomic mass is 32.2. The number of likely N-dealkylation sites (N-methyl/N-ethyl adjacent to an activating group) is 1. The van der Waals surface area contributed by atoms with Gasteiger partial charge in [0.05, 0.1) is 4.90 Å². The van der Waals surface area contributed by atoms with Crippen LogP contribution in [0.3, 0.4) is 0 Å². The van der Waals surface area contributed by atoms with Crippen molar-refractivity contribution in [3.05, 3.63) is 66.0 Å². The summed E-state index contributed by atoms with van der Waals surface area (Å²) < 4.78 is 28.7. The summed E-state index contributed by atoms with van der Waals surface area (Å²) >= 11 is 0. The number of amides is 1. The SMILES string of the molecule is CCN(CC)C(=O)CN(/C1=C/C=C\CC=N/C=C\C1)S(=O)(=O)c1ccc(C(C)(C)C)cc1. The maximum atomic E-state index is 13.7. The van der Waals surface area contributed by atoms with Gasteiger partial charge in [-0.15, -0.1) is 0 Å². The Hall–Kier alpha value is -2.67. The fourth-order valence-electron chi connectivity index (χ4n) is 3.32. The summed E-state index contributed by atoms with van der Waals surface area (Å²) in [6.45, 7) is 10.8. The van der Waals surface area contributed by atoms with Crippen molar-refractivity contribution in [2.45, 2.75) is 57.8 Å². The fraction of sp³-hybridized carbons (Fsp3) is 0.440. The average molecular weight is 458 g/mol. The molecule has 0 fully saturated rings. The third-order valence-corrected chi connectivity index (χ3v) is 7.13. The van der Waals surface area contributed by atoms with Crippen molar-refractivity contribution in [3.8, 4) is 0 Å². The number of allylic oxidation sites excluding steroid dienone is 4. The van der Waals surface area contributed by atoms with E-state index in [-0.39, 0.29) is 22.8 Å². The molecule has 1 heterocycles. The zero-order valence-corrected chi connectivity index (χ0v) is 20.6. The van der Waals surface area contributed by atoms with E-state index in [0.717, 1.165) is 5.56 Å². The quantitative estimate of drug-likeness (QED) is 0.598. The Morgan fingerprint density at radius 2 is 1.72 bits per heavy atom. The monoisotopic (exact) mass is 457 g/mol. The molecule has 1 aromatic carbocycles. The Morgan fingerprint density at radius 1 is 1.06 bits per heavy atom. The van der Waals surface area contributed by atoms with Crippen LogP contribution in [-0.4, -0.2) is 49.4 Å². The van der Waals surface area contributed by atoms with Gasteiger partial charge in [0, 0.05) is 44.0 Å². The Balaban J connectivity index is 2.51. The molecule has 6 nitrogen and oxygen atoms in total. The van der Waals surface area contributed by atoms with Crippen molar-refractivity contribution in [2.75, 3.05) is 19.6 Å². The molecule has 0 unspecified atom stereocenters. The molecule has 0 spiro atoms. The zero-order valence-electron chi connectivity index (χ0n) is 19.8. The predicted molar refractivity (Wildman–Crippen MR) is 131 cm³/mol. The molecule has 0 saturated carbocycles. The van der Waals surface area contributed by atoms with Crippen LogP contribution in [0.15, 0.2) is 70.4 Å². The number of rotatable bonds is 7. The van der Waals surface area contributed by atoms with Gasteiger partial charge in [-0.25, -0.2) is 8.42 Å². The Labute approximate surface area is 193 Å². The number of hydrogen-bond acceptors (Lipinski definition) is 4. The van der Waals surface area contributed by atoms with Gasteiger partial charge < -0.3 is 4.90 Å². The summed E-state index contributed by atoms with van der Waals surface area (Å²) in [5.74, 6) is -0.228. The molecule has 1 aliphatic heterocycles. The second-order valence-corrected chi connectivity index (χ2v) is 10.5. The van der Waals surface area contributed by atoms with Crippen molar-refractivity contribution in [1.82, 2.24) is 9.21 Å². The summed E-state index contributed by atoms with van der Waals surface area (Å²) in [6.07, 6.45) is 11.7. The first-order chi connectivity index (χ1) is 15.1. The van der Waals surface area contributed by atoms with Gasteiger partial charge in [0.2, 0.25) is 5.91 Å². The molecule has 0 saturated heterocycles. The first-order valence-electron chi connectivity index (χ1n) is 11.0. The smallest absolute Gasteiger partial charge is 0.264 e. The molecule has 0 radical (unpaired) electrons. The highest BCUT2D eigenvalue weighted by molar-refractivity contribution is 7.89. The van der Waals surface area contributed by atoms with Crippen LogP contribution >= 0.6 is 0 Å². The predicted octanol–water partition coefficient (Wildman–Crippen LogP) is 4.66. The minimum absolute atomic E-state index is 0.0877. The van der Waals surface area contributed by atoms with E-state index in [1.165, 1.54) is 4.31 Å². The van der Waals surface area contributed by atoms with Gasteiger partial charge in [-0.1, -0.05) is 51.1 Å². The summed E-state index contributed by atoms with van der Waals surface area (Å²) in [6, 6.07) is 6.93. The topological polar surface area (TPSA) is 70.1 Å². The molecule has 0 N–H and O–H groups in total. The summed E-state index contributed by atoms with van der Waals surface area (Å²) in [4.78, 5) is 18.9. The van der Waals surface area contributed by atoms with E-state index >= 15 is 0 Å². The van der Waals surface area contributed by atoms with Gasteiger partial charge in [0.15, 0.2) is 0 Å². The molecule has 0 atom stereocenters. The third-order valence-electron chi connectivity index (χ3n) is 5.31. The minimum Gasteiger partial charge on any atom is -0.342 e. The second-order valence-electron chi connectivity index (χ2n) is 8.59. The first kappa shape index (κ1) is 25.6. The van der Waals surface area contributed by atoms with Crippen molar-refractivity contribution >= 4 is 22.1 Å². The number of carbonyl (C=O) groups excluding carboxylic acids is 1. The van der Waals surface area contributed by atoms with Crippen LogP contribution in [0.2, 0.25) is 0 Å². The molecule has 1 aromatic rings. The lowest BCUT2D eigenvalue weighted by Crippen LogP contribution is -2.42. The highest BCUT2D eigenvalue weighted by Gasteiger charge is 2.29. The maximum absolute atomic E-state index is 13.7. The van der Waals surface area contributed by atoms with Crippen LogP contribution in [0.1, 0.15) is 53.0 Å². The number of carbonyl (C=O) groups is 1.